The minimum atomic E-state index is -0.414. The molecule has 1 aliphatic heterocycles. The molecule has 1 aromatic carbocycles. The van der Waals surface area contributed by atoms with Gasteiger partial charge in [-0.25, -0.2) is 4.39 Å². The molecular formula is C15H22ClFN2O3. The standard InChI is InChI=1S/C15H21FN2O3.ClH/c1-17-7-6-15(19)18-13-9-11(16)4-5-14(13)21-10-12-3-2-8-20-12;/h4-5,9,12,17H,2-3,6-8,10H2,1H3,(H,18,19);1H. The fraction of sp³-hybridized carbons (Fsp3) is 0.533. The highest BCUT2D eigenvalue weighted by molar-refractivity contribution is 5.92. The lowest BCUT2D eigenvalue weighted by atomic mass is 10.2. The summed E-state index contributed by atoms with van der Waals surface area (Å²) in [5.41, 5.74) is 0.356. The Bertz CT molecular complexity index is 482. The van der Waals surface area contributed by atoms with Gasteiger partial charge in [-0.2, -0.15) is 0 Å². The molecule has 0 radical (unpaired) electrons. The molecule has 2 N–H and O–H groups in total. The second kappa shape index (κ2) is 9.61. The van der Waals surface area contributed by atoms with E-state index in [1.54, 1.807) is 7.05 Å². The number of carbonyl (C=O) groups excluding carboxylic acids is 1. The molecular weight excluding hydrogens is 311 g/mol. The summed E-state index contributed by atoms with van der Waals surface area (Å²) in [4.78, 5) is 11.7. The zero-order valence-corrected chi connectivity index (χ0v) is 13.4. The minimum Gasteiger partial charge on any atom is -0.489 e. The van der Waals surface area contributed by atoms with Crippen molar-refractivity contribution in [3.05, 3.63) is 24.0 Å². The Morgan fingerprint density at radius 3 is 3.00 bits per heavy atom. The van der Waals surface area contributed by atoms with Gasteiger partial charge in [0.15, 0.2) is 0 Å². The molecule has 1 fully saturated rings. The van der Waals surface area contributed by atoms with Gasteiger partial charge in [0.2, 0.25) is 5.91 Å². The van der Waals surface area contributed by atoms with Crippen molar-refractivity contribution in [3.63, 3.8) is 0 Å². The highest BCUT2D eigenvalue weighted by Crippen LogP contribution is 2.26. The Labute approximate surface area is 136 Å². The number of benzene rings is 1. The fourth-order valence-corrected chi connectivity index (χ4v) is 2.14. The van der Waals surface area contributed by atoms with Gasteiger partial charge in [-0.05, 0) is 32.0 Å². The van der Waals surface area contributed by atoms with Crippen LogP contribution in [0.5, 0.6) is 5.75 Å². The summed E-state index contributed by atoms with van der Waals surface area (Å²) in [7, 11) is 1.77. The van der Waals surface area contributed by atoms with E-state index >= 15 is 0 Å². The average molecular weight is 333 g/mol. The molecule has 0 aromatic heterocycles. The van der Waals surface area contributed by atoms with Gasteiger partial charge in [-0.15, -0.1) is 12.4 Å². The third-order valence-corrected chi connectivity index (χ3v) is 3.27. The molecule has 1 aromatic rings. The van der Waals surface area contributed by atoms with Gasteiger partial charge in [-0.1, -0.05) is 0 Å². The van der Waals surface area contributed by atoms with Crippen molar-refractivity contribution in [3.8, 4) is 5.75 Å². The van der Waals surface area contributed by atoms with Gasteiger partial charge in [0.05, 0.1) is 11.8 Å². The van der Waals surface area contributed by atoms with E-state index in [-0.39, 0.29) is 24.4 Å². The molecule has 7 heteroatoms. The highest BCUT2D eigenvalue weighted by Gasteiger charge is 2.17. The maximum Gasteiger partial charge on any atom is 0.225 e. The van der Waals surface area contributed by atoms with Crippen LogP contribution in [0, 0.1) is 5.82 Å². The van der Waals surface area contributed by atoms with Gasteiger partial charge < -0.3 is 20.1 Å². The van der Waals surface area contributed by atoms with Crippen LogP contribution >= 0.6 is 12.4 Å². The smallest absolute Gasteiger partial charge is 0.225 e. The molecule has 0 bridgehead atoms. The minimum absolute atomic E-state index is 0. The number of nitrogens with one attached hydrogen (secondary N) is 2. The maximum absolute atomic E-state index is 13.3. The first-order valence-electron chi connectivity index (χ1n) is 7.17. The highest BCUT2D eigenvalue weighted by atomic mass is 35.5. The summed E-state index contributed by atoms with van der Waals surface area (Å²) in [5.74, 6) is -0.134. The summed E-state index contributed by atoms with van der Waals surface area (Å²) >= 11 is 0. The monoisotopic (exact) mass is 332 g/mol. The number of hydrogen-bond donors (Lipinski definition) is 2. The van der Waals surface area contributed by atoms with Crippen LogP contribution in [0.2, 0.25) is 0 Å². The Kier molecular flexibility index (Phi) is 8.16. The van der Waals surface area contributed by atoms with Gasteiger partial charge >= 0.3 is 0 Å². The Balaban J connectivity index is 0.00000242. The third-order valence-electron chi connectivity index (χ3n) is 3.27. The molecule has 1 heterocycles. The number of rotatable bonds is 7. The van der Waals surface area contributed by atoms with E-state index in [1.165, 1.54) is 18.2 Å². The van der Waals surface area contributed by atoms with E-state index in [9.17, 15) is 9.18 Å². The van der Waals surface area contributed by atoms with Gasteiger partial charge in [0.1, 0.15) is 18.2 Å². The van der Waals surface area contributed by atoms with Crippen LogP contribution in [0.1, 0.15) is 19.3 Å². The second-order valence-corrected chi connectivity index (χ2v) is 4.99. The molecule has 124 valence electrons. The predicted octanol–water partition coefficient (Wildman–Crippen LogP) is 2.35. The first-order chi connectivity index (χ1) is 10.2. The number of amides is 1. The van der Waals surface area contributed by atoms with E-state index in [0.29, 0.717) is 31.0 Å². The molecule has 1 saturated heterocycles. The lowest BCUT2D eigenvalue weighted by molar-refractivity contribution is -0.116. The molecule has 1 atom stereocenters. The van der Waals surface area contributed by atoms with Crippen molar-refractivity contribution >= 4 is 24.0 Å². The summed E-state index contributed by atoms with van der Waals surface area (Å²) in [6, 6.07) is 4.11. The van der Waals surface area contributed by atoms with Crippen LogP contribution < -0.4 is 15.4 Å². The number of anilines is 1. The molecule has 0 spiro atoms. The third kappa shape index (κ3) is 5.79. The quantitative estimate of drug-likeness (QED) is 0.804. The molecule has 1 unspecified atom stereocenters. The van der Waals surface area contributed by atoms with Gasteiger partial charge in [-0.3, -0.25) is 4.79 Å². The summed E-state index contributed by atoms with van der Waals surface area (Å²) in [5, 5.41) is 5.57. The van der Waals surface area contributed by atoms with Gasteiger partial charge in [0, 0.05) is 25.6 Å². The number of carbonyl (C=O) groups is 1. The van der Waals surface area contributed by atoms with Crippen molar-refractivity contribution in [2.24, 2.45) is 0 Å². The lowest BCUT2D eigenvalue weighted by Gasteiger charge is -2.15. The molecule has 22 heavy (non-hydrogen) atoms. The van der Waals surface area contributed by atoms with Crippen LogP contribution in [0.3, 0.4) is 0 Å². The number of hydrogen-bond acceptors (Lipinski definition) is 4. The van der Waals surface area contributed by atoms with E-state index in [4.69, 9.17) is 9.47 Å². The molecule has 0 aliphatic carbocycles. The molecule has 1 amide bonds. The van der Waals surface area contributed by atoms with Gasteiger partial charge in [0.25, 0.3) is 0 Å². The normalized spacial score (nSPS) is 16.9. The molecule has 2 rings (SSSR count). The largest absolute Gasteiger partial charge is 0.489 e. The van der Waals surface area contributed by atoms with Crippen molar-refractivity contribution in [1.29, 1.82) is 0 Å². The van der Waals surface area contributed by atoms with Crippen LogP contribution in [0.15, 0.2) is 18.2 Å². The number of ether oxygens (including phenoxy) is 2. The lowest BCUT2D eigenvalue weighted by Crippen LogP contribution is -2.20. The molecule has 1 aliphatic rings. The van der Waals surface area contributed by atoms with Crippen molar-refractivity contribution in [1.82, 2.24) is 5.32 Å². The van der Waals surface area contributed by atoms with Crippen molar-refractivity contribution in [2.75, 3.05) is 32.1 Å². The number of halogens is 2. The maximum atomic E-state index is 13.3. The van der Waals surface area contributed by atoms with Crippen LogP contribution in [-0.4, -0.2) is 38.8 Å². The zero-order chi connectivity index (χ0) is 15.1. The topological polar surface area (TPSA) is 59.6 Å². The first kappa shape index (κ1) is 18.7. The SMILES string of the molecule is CNCCC(=O)Nc1cc(F)ccc1OCC1CCCO1.Cl. The fourth-order valence-electron chi connectivity index (χ4n) is 2.14. The van der Waals surface area contributed by atoms with Crippen molar-refractivity contribution < 1.29 is 18.7 Å². The average Bonchev–Trinajstić information content (AvgIpc) is 2.97. The van der Waals surface area contributed by atoms with Crippen LogP contribution in [0.4, 0.5) is 10.1 Å². The summed E-state index contributed by atoms with van der Waals surface area (Å²) in [6.45, 7) is 1.73. The van der Waals surface area contributed by atoms with E-state index in [2.05, 4.69) is 10.6 Å². The van der Waals surface area contributed by atoms with Crippen LogP contribution in [-0.2, 0) is 9.53 Å². The Morgan fingerprint density at radius 2 is 2.32 bits per heavy atom. The second-order valence-electron chi connectivity index (χ2n) is 4.99. The summed E-state index contributed by atoms with van der Waals surface area (Å²) in [6.07, 6.45) is 2.39. The zero-order valence-electron chi connectivity index (χ0n) is 12.6. The van der Waals surface area contributed by atoms with Crippen molar-refractivity contribution in [2.45, 2.75) is 25.4 Å². The Hall–Kier alpha value is -1.37. The van der Waals surface area contributed by atoms with E-state index < -0.39 is 5.82 Å². The van der Waals surface area contributed by atoms with E-state index in [0.717, 1.165) is 19.4 Å². The predicted molar refractivity (Wildman–Crippen MR) is 85.3 cm³/mol. The van der Waals surface area contributed by atoms with Crippen LogP contribution in [0.25, 0.3) is 0 Å². The van der Waals surface area contributed by atoms with E-state index in [1.807, 2.05) is 0 Å². The summed E-state index contributed by atoms with van der Waals surface area (Å²) < 4.78 is 24.5. The first-order valence-corrected chi connectivity index (χ1v) is 7.17. The Morgan fingerprint density at radius 1 is 1.50 bits per heavy atom. The molecule has 5 nitrogen and oxygen atoms in total. The molecule has 0 saturated carbocycles.